The van der Waals surface area contributed by atoms with E-state index in [9.17, 15) is 4.79 Å². The van der Waals surface area contributed by atoms with Crippen molar-refractivity contribution in [1.29, 1.82) is 0 Å². The van der Waals surface area contributed by atoms with Crippen LogP contribution in [0.2, 0.25) is 18.1 Å². The molecule has 0 radical (unpaired) electrons. The summed E-state index contributed by atoms with van der Waals surface area (Å²) in [6, 6.07) is 0. The lowest BCUT2D eigenvalue weighted by molar-refractivity contribution is -0.105. The smallest absolute Gasteiger partial charge is 0.428 e. The van der Waals surface area contributed by atoms with Gasteiger partial charge in [-0.25, -0.2) is 4.79 Å². The number of hydrogen-bond donors (Lipinski definition) is 0. The van der Waals surface area contributed by atoms with E-state index in [1.807, 2.05) is 6.92 Å². The van der Waals surface area contributed by atoms with Crippen molar-refractivity contribution in [3.63, 3.8) is 0 Å². The molecule has 112 valence electrons. The maximum Gasteiger partial charge on any atom is 0.509 e. The Balaban J connectivity index is 2.61. The monoisotopic (exact) mass is 400 g/mol. The summed E-state index contributed by atoms with van der Waals surface area (Å²) in [7, 11) is -1.80. The number of rotatable bonds is 4. The van der Waals surface area contributed by atoms with Gasteiger partial charge in [0, 0.05) is 10.8 Å². The molecule has 0 bridgehead atoms. The SMILES string of the molecule is CC(C)(C)[Si](C)(C)OC[C@H]1C[C@@](C)(CI)OC(=O)O1. The van der Waals surface area contributed by atoms with Crippen molar-refractivity contribution in [3.05, 3.63) is 0 Å². The van der Waals surface area contributed by atoms with E-state index in [-0.39, 0.29) is 11.1 Å². The van der Waals surface area contributed by atoms with Gasteiger partial charge in [0.15, 0.2) is 8.32 Å². The molecule has 1 heterocycles. The van der Waals surface area contributed by atoms with Crippen molar-refractivity contribution in [2.45, 2.75) is 64.0 Å². The molecule has 1 rings (SSSR count). The molecule has 0 unspecified atom stereocenters. The summed E-state index contributed by atoms with van der Waals surface area (Å²) < 4.78 is 17.3. The third-order valence-electron chi connectivity index (χ3n) is 3.97. The molecule has 0 aromatic heterocycles. The lowest BCUT2D eigenvalue weighted by atomic mass is 10.00. The zero-order valence-corrected chi connectivity index (χ0v) is 15.9. The largest absolute Gasteiger partial charge is 0.509 e. The Hall–Kier alpha value is 0.177. The first-order valence-electron chi connectivity index (χ1n) is 6.59. The van der Waals surface area contributed by atoms with Crippen LogP contribution in [0.15, 0.2) is 0 Å². The summed E-state index contributed by atoms with van der Waals surface area (Å²) in [5.41, 5.74) is -0.433. The molecule has 1 aliphatic rings. The highest BCUT2D eigenvalue weighted by Crippen LogP contribution is 2.37. The fourth-order valence-electron chi connectivity index (χ4n) is 1.62. The van der Waals surface area contributed by atoms with Gasteiger partial charge in [-0.15, -0.1) is 0 Å². The van der Waals surface area contributed by atoms with E-state index in [1.54, 1.807) is 0 Å². The van der Waals surface area contributed by atoms with Gasteiger partial charge >= 0.3 is 6.16 Å². The highest BCUT2D eigenvalue weighted by atomic mass is 127. The predicted molar refractivity (Wildman–Crippen MR) is 86.4 cm³/mol. The van der Waals surface area contributed by atoms with E-state index < -0.39 is 20.1 Å². The fourth-order valence-corrected chi connectivity index (χ4v) is 3.12. The van der Waals surface area contributed by atoms with Crippen molar-refractivity contribution in [3.8, 4) is 0 Å². The summed E-state index contributed by atoms with van der Waals surface area (Å²) in [6.07, 6.45) is -0.0829. The second kappa shape index (κ2) is 5.89. The number of carbonyl (C=O) groups excluding carboxylic acids is 1. The van der Waals surface area contributed by atoms with Gasteiger partial charge in [-0.1, -0.05) is 43.4 Å². The Bertz CT molecular complexity index is 340. The van der Waals surface area contributed by atoms with Crippen LogP contribution in [0.4, 0.5) is 4.79 Å². The molecule has 2 atom stereocenters. The summed E-state index contributed by atoms with van der Waals surface area (Å²) >= 11 is 2.24. The highest BCUT2D eigenvalue weighted by molar-refractivity contribution is 14.1. The average molecular weight is 400 g/mol. The number of cyclic esters (lactones) is 2. The number of hydrogen-bond acceptors (Lipinski definition) is 4. The molecule has 0 aliphatic carbocycles. The van der Waals surface area contributed by atoms with Gasteiger partial charge in [-0.3, -0.25) is 0 Å². The van der Waals surface area contributed by atoms with Crippen LogP contribution in [0, 0.1) is 0 Å². The van der Waals surface area contributed by atoms with Crippen LogP contribution >= 0.6 is 22.6 Å². The van der Waals surface area contributed by atoms with Gasteiger partial charge in [-0.05, 0) is 25.1 Å². The van der Waals surface area contributed by atoms with Crippen molar-refractivity contribution >= 4 is 37.1 Å². The third-order valence-corrected chi connectivity index (χ3v) is 10.1. The van der Waals surface area contributed by atoms with Crippen molar-refractivity contribution in [2.24, 2.45) is 0 Å². The predicted octanol–water partition coefficient (Wildman–Crippen LogP) is 4.13. The molecule has 0 saturated carbocycles. The first kappa shape index (κ1) is 17.2. The molecule has 0 amide bonds. The zero-order valence-electron chi connectivity index (χ0n) is 12.7. The Kier molecular flexibility index (Phi) is 5.34. The van der Waals surface area contributed by atoms with E-state index >= 15 is 0 Å². The van der Waals surface area contributed by atoms with Gasteiger partial charge in [0.05, 0.1) is 6.61 Å². The lowest BCUT2D eigenvalue weighted by Crippen LogP contribution is -2.48. The normalized spacial score (nSPS) is 28.8. The van der Waals surface area contributed by atoms with Crippen LogP contribution in [0.5, 0.6) is 0 Å². The number of alkyl halides is 1. The quantitative estimate of drug-likeness (QED) is 0.308. The molecule has 0 aromatic carbocycles. The van der Waals surface area contributed by atoms with E-state index in [0.717, 1.165) is 4.43 Å². The van der Waals surface area contributed by atoms with Crippen LogP contribution in [-0.4, -0.2) is 37.2 Å². The average Bonchev–Trinajstić information content (AvgIpc) is 2.24. The van der Waals surface area contributed by atoms with Gasteiger partial charge in [0.1, 0.15) is 11.7 Å². The van der Waals surface area contributed by atoms with E-state index in [4.69, 9.17) is 13.9 Å². The fraction of sp³-hybridized carbons (Fsp3) is 0.923. The first-order valence-corrected chi connectivity index (χ1v) is 11.0. The van der Waals surface area contributed by atoms with Gasteiger partial charge < -0.3 is 13.9 Å². The van der Waals surface area contributed by atoms with Crippen LogP contribution in [0.25, 0.3) is 0 Å². The van der Waals surface area contributed by atoms with Crippen molar-refractivity contribution in [2.75, 3.05) is 11.0 Å². The molecule has 1 saturated heterocycles. The molecule has 0 N–H and O–H groups in total. The summed E-state index contributed by atoms with van der Waals surface area (Å²) in [4.78, 5) is 11.5. The van der Waals surface area contributed by atoms with Crippen molar-refractivity contribution in [1.82, 2.24) is 0 Å². The summed E-state index contributed by atoms with van der Waals surface area (Å²) in [6.45, 7) is 13.4. The minimum absolute atomic E-state index is 0.161. The molecule has 1 fully saturated rings. The Morgan fingerprint density at radius 2 is 2.05 bits per heavy atom. The summed E-state index contributed by atoms with van der Waals surface area (Å²) in [5, 5.41) is 0.161. The lowest BCUT2D eigenvalue weighted by Gasteiger charge is -2.40. The van der Waals surface area contributed by atoms with Crippen LogP contribution in [0.3, 0.4) is 0 Å². The van der Waals surface area contributed by atoms with E-state index in [1.165, 1.54) is 0 Å². The van der Waals surface area contributed by atoms with Gasteiger partial charge in [-0.2, -0.15) is 0 Å². The van der Waals surface area contributed by atoms with Gasteiger partial charge in [0.2, 0.25) is 0 Å². The third kappa shape index (κ3) is 4.59. The highest BCUT2D eigenvalue weighted by Gasteiger charge is 2.42. The van der Waals surface area contributed by atoms with Crippen LogP contribution < -0.4 is 0 Å². The minimum Gasteiger partial charge on any atom is -0.428 e. The second-order valence-electron chi connectivity index (χ2n) is 6.95. The first-order chi connectivity index (χ1) is 8.49. The molecular formula is C13H25IO4Si. The molecule has 19 heavy (non-hydrogen) atoms. The number of carbonyl (C=O) groups is 1. The Morgan fingerprint density at radius 1 is 1.47 bits per heavy atom. The van der Waals surface area contributed by atoms with Crippen LogP contribution in [0.1, 0.15) is 34.1 Å². The van der Waals surface area contributed by atoms with Crippen molar-refractivity contribution < 1.29 is 18.7 Å². The minimum atomic E-state index is -1.80. The zero-order chi connectivity index (χ0) is 14.9. The molecular weight excluding hydrogens is 375 g/mol. The Labute approximate surface area is 130 Å². The Morgan fingerprint density at radius 3 is 2.53 bits per heavy atom. The standard InChI is InChI=1S/C13H25IO4Si/c1-12(2,3)19(5,6)16-8-10-7-13(4,9-14)18-11(15)17-10/h10H,7-9H2,1-6H3/t10-,13+/m1/s1. The molecule has 0 spiro atoms. The number of ether oxygens (including phenoxy) is 2. The second-order valence-corrected chi connectivity index (χ2v) is 12.5. The summed E-state index contributed by atoms with van der Waals surface area (Å²) in [5.74, 6) is 0. The maximum absolute atomic E-state index is 11.5. The van der Waals surface area contributed by atoms with E-state index in [0.29, 0.717) is 13.0 Å². The maximum atomic E-state index is 11.5. The molecule has 1 aliphatic heterocycles. The van der Waals surface area contributed by atoms with E-state index in [2.05, 4.69) is 56.5 Å². The topological polar surface area (TPSA) is 44.8 Å². The molecule has 6 heteroatoms. The van der Waals surface area contributed by atoms with Crippen LogP contribution in [-0.2, 0) is 13.9 Å². The van der Waals surface area contributed by atoms with Gasteiger partial charge in [0.25, 0.3) is 0 Å². The molecule has 4 nitrogen and oxygen atoms in total. The molecule has 0 aromatic rings. The number of halogens is 1.